The van der Waals surface area contributed by atoms with Gasteiger partial charge in [0, 0.05) is 29.2 Å². The van der Waals surface area contributed by atoms with Gasteiger partial charge in [-0.05, 0) is 12.1 Å². The van der Waals surface area contributed by atoms with E-state index in [-0.39, 0.29) is 5.57 Å². The second kappa shape index (κ2) is 5.73. The molecule has 20 heavy (non-hydrogen) atoms. The van der Waals surface area contributed by atoms with Crippen LogP contribution in [0.15, 0.2) is 36.0 Å². The Morgan fingerprint density at radius 1 is 1.35 bits per heavy atom. The quantitative estimate of drug-likeness (QED) is 0.675. The van der Waals surface area contributed by atoms with E-state index in [2.05, 4.69) is 6.07 Å². The highest BCUT2D eigenvalue weighted by Crippen LogP contribution is 2.23. The van der Waals surface area contributed by atoms with Gasteiger partial charge in [0.2, 0.25) is 0 Å². The molecule has 0 aliphatic carbocycles. The second-order valence-electron chi connectivity index (χ2n) is 4.24. The minimum absolute atomic E-state index is 0.0896. The van der Waals surface area contributed by atoms with Crippen molar-refractivity contribution in [2.75, 3.05) is 0 Å². The Labute approximate surface area is 116 Å². The van der Waals surface area contributed by atoms with Crippen LogP contribution in [0.4, 0.5) is 0 Å². The number of nitrogens with two attached hydrogens (primary N) is 1. The van der Waals surface area contributed by atoms with Gasteiger partial charge < -0.3 is 10.3 Å². The number of nitrogens with zero attached hydrogens (tertiary/aromatic N) is 3. The van der Waals surface area contributed by atoms with E-state index < -0.39 is 5.91 Å². The van der Waals surface area contributed by atoms with Gasteiger partial charge in [0.05, 0.1) is 12.5 Å². The molecule has 2 rings (SSSR count). The van der Waals surface area contributed by atoms with Crippen molar-refractivity contribution in [3.05, 3.63) is 41.6 Å². The molecule has 1 aromatic heterocycles. The van der Waals surface area contributed by atoms with E-state index in [1.165, 1.54) is 6.08 Å². The molecule has 1 aromatic carbocycles. The number of nitriles is 2. The molecule has 98 valence electrons. The number of para-hydroxylation sites is 1. The number of amides is 1. The fourth-order valence-electron chi connectivity index (χ4n) is 2.06. The van der Waals surface area contributed by atoms with E-state index in [0.717, 1.165) is 16.5 Å². The average Bonchev–Trinajstić information content (AvgIpc) is 2.80. The Bertz CT molecular complexity index is 771. The van der Waals surface area contributed by atoms with Crippen molar-refractivity contribution in [2.45, 2.75) is 13.0 Å². The van der Waals surface area contributed by atoms with Gasteiger partial charge in [0.1, 0.15) is 11.6 Å². The summed E-state index contributed by atoms with van der Waals surface area (Å²) >= 11 is 0. The van der Waals surface area contributed by atoms with Gasteiger partial charge >= 0.3 is 0 Å². The van der Waals surface area contributed by atoms with Crippen molar-refractivity contribution in [2.24, 2.45) is 5.73 Å². The monoisotopic (exact) mass is 264 g/mol. The zero-order chi connectivity index (χ0) is 14.5. The largest absolute Gasteiger partial charge is 0.365 e. The molecule has 1 amide bonds. The third-order valence-corrected chi connectivity index (χ3v) is 2.97. The summed E-state index contributed by atoms with van der Waals surface area (Å²) in [6.07, 6.45) is 3.69. The number of hydrogen-bond donors (Lipinski definition) is 1. The first kappa shape index (κ1) is 13.4. The Kier molecular flexibility index (Phi) is 3.83. The number of hydrogen-bond acceptors (Lipinski definition) is 3. The van der Waals surface area contributed by atoms with Crippen LogP contribution in [0.3, 0.4) is 0 Å². The molecule has 0 fully saturated rings. The summed E-state index contributed by atoms with van der Waals surface area (Å²) in [5, 5.41) is 18.5. The van der Waals surface area contributed by atoms with E-state index >= 15 is 0 Å². The average molecular weight is 264 g/mol. The molecule has 0 aliphatic heterocycles. The predicted octanol–water partition coefficient (Wildman–Crippen LogP) is 1.95. The molecule has 0 spiro atoms. The van der Waals surface area contributed by atoms with E-state index in [4.69, 9.17) is 16.3 Å². The Morgan fingerprint density at radius 3 is 2.75 bits per heavy atom. The zero-order valence-electron chi connectivity index (χ0n) is 10.7. The fraction of sp³-hybridized carbons (Fsp3) is 0.133. The maximum atomic E-state index is 11.1. The van der Waals surface area contributed by atoms with Crippen molar-refractivity contribution in [1.82, 2.24) is 4.57 Å². The van der Waals surface area contributed by atoms with Gasteiger partial charge in [-0.15, -0.1) is 0 Å². The fourth-order valence-corrected chi connectivity index (χ4v) is 2.06. The Morgan fingerprint density at radius 2 is 2.10 bits per heavy atom. The highest BCUT2D eigenvalue weighted by atomic mass is 16.1. The summed E-state index contributed by atoms with van der Waals surface area (Å²) in [7, 11) is 0. The Balaban J connectivity index is 2.58. The number of primary amides is 1. The van der Waals surface area contributed by atoms with Crippen LogP contribution >= 0.6 is 0 Å². The lowest BCUT2D eigenvalue weighted by Crippen LogP contribution is -2.12. The van der Waals surface area contributed by atoms with Gasteiger partial charge in [-0.2, -0.15) is 10.5 Å². The third-order valence-electron chi connectivity index (χ3n) is 2.97. The molecule has 2 N–H and O–H groups in total. The first-order valence-corrected chi connectivity index (χ1v) is 6.03. The minimum atomic E-state index is -0.749. The van der Waals surface area contributed by atoms with Crippen LogP contribution in [0.1, 0.15) is 12.0 Å². The van der Waals surface area contributed by atoms with Crippen LogP contribution in [0.2, 0.25) is 0 Å². The van der Waals surface area contributed by atoms with Crippen LogP contribution in [0, 0.1) is 22.7 Å². The van der Waals surface area contributed by atoms with E-state index in [0.29, 0.717) is 13.0 Å². The summed E-state index contributed by atoms with van der Waals surface area (Å²) in [6.45, 7) is 0.559. The summed E-state index contributed by atoms with van der Waals surface area (Å²) in [6, 6.07) is 11.5. The van der Waals surface area contributed by atoms with Crippen molar-refractivity contribution in [1.29, 1.82) is 10.5 Å². The number of fused-ring (bicyclic) bond motifs is 1. The number of aromatic nitrogens is 1. The summed E-state index contributed by atoms with van der Waals surface area (Å²) in [5.74, 6) is -0.749. The molecule has 0 unspecified atom stereocenters. The number of benzene rings is 1. The number of carbonyl (C=O) groups is 1. The first-order chi connectivity index (χ1) is 9.67. The number of aryl methyl sites for hydroxylation is 1. The molecule has 5 nitrogen and oxygen atoms in total. The maximum absolute atomic E-state index is 11.1. The van der Waals surface area contributed by atoms with E-state index in [1.807, 2.05) is 35.0 Å². The molecular formula is C15H12N4O. The molecule has 0 aliphatic rings. The van der Waals surface area contributed by atoms with Crippen molar-refractivity contribution in [3.8, 4) is 12.1 Å². The van der Waals surface area contributed by atoms with Crippen molar-refractivity contribution in [3.63, 3.8) is 0 Å². The Hall–Kier alpha value is -3.05. The van der Waals surface area contributed by atoms with Crippen LogP contribution in [0.25, 0.3) is 17.0 Å². The van der Waals surface area contributed by atoms with Gasteiger partial charge in [-0.1, -0.05) is 18.2 Å². The standard InChI is InChI=1S/C15H12N4O/c16-6-3-7-19-10-12(8-11(9-17)15(18)20)13-4-1-2-5-14(13)19/h1-2,4-5,8,10H,3,7H2,(H2,18,20)/b11-8+. The van der Waals surface area contributed by atoms with Gasteiger partial charge in [0.25, 0.3) is 5.91 Å². The summed E-state index contributed by atoms with van der Waals surface area (Å²) < 4.78 is 1.93. The van der Waals surface area contributed by atoms with Crippen molar-refractivity contribution < 1.29 is 4.79 Å². The number of carbonyl (C=O) groups excluding carboxylic acids is 1. The molecule has 5 heteroatoms. The SMILES string of the molecule is N#CCCn1cc(/C=C(\C#N)C(N)=O)c2ccccc21. The maximum Gasteiger partial charge on any atom is 0.259 e. The summed E-state index contributed by atoms with van der Waals surface area (Å²) in [4.78, 5) is 11.1. The predicted molar refractivity (Wildman–Crippen MR) is 75.0 cm³/mol. The third kappa shape index (κ3) is 2.52. The molecular weight excluding hydrogens is 252 g/mol. The van der Waals surface area contributed by atoms with E-state index in [9.17, 15) is 4.79 Å². The normalized spacial score (nSPS) is 11.0. The smallest absolute Gasteiger partial charge is 0.259 e. The minimum Gasteiger partial charge on any atom is -0.365 e. The zero-order valence-corrected chi connectivity index (χ0v) is 10.7. The second-order valence-corrected chi connectivity index (χ2v) is 4.24. The van der Waals surface area contributed by atoms with Crippen LogP contribution in [0.5, 0.6) is 0 Å². The highest BCUT2D eigenvalue weighted by Gasteiger charge is 2.09. The van der Waals surface area contributed by atoms with E-state index in [1.54, 1.807) is 6.07 Å². The lowest BCUT2D eigenvalue weighted by atomic mass is 10.1. The first-order valence-electron chi connectivity index (χ1n) is 6.03. The molecule has 2 aromatic rings. The summed E-state index contributed by atoms with van der Waals surface area (Å²) in [5.41, 5.74) is 6.76. The highest BCUT2D eigenvalue weighted by molar-refractivity contribution is 6.03. The van der Waals surface area contributed by atoms with Crippen molar-refractivity contribution >= 4 is 22.9 Å². The topological polar surface area (TPSA) is 95.6 Å². The van der Waals surface area contributed by atoms with Crippen LogP contribution < -0.4 is 5.73 Å². The molecule has 0 radical (unpaired) electrons. The number of rotatable bonds is 4. The van der Waals surface area contributed by atoms with Gasteiger partial charge in [-0.25, -0.2) is 0 Å². The molecule has 0 bridgehead atoms. The molecule has 1 heterocycles. The van der Waals surface area contributed by atoms with Gasteiger partial charge in [0.15, 0.2) is 0 Å². The van der Waals surface area contributed by atoms with Gasteiger partial charge in [-0.3, -0.25) is 4.79 Å². The molecule has 0 saturated carbocycles. The lowest BCUT2D eigenvalue weighted by molar-refractivity contribution is -0.114. The molecule has 0 atom stereocenters. The molecule has 0 saturated heterocycles. The van der Waals surface area contributed by atoms with Crippen LogP contribution in [-0.2, 0) is 11.3 Å². The van der Waals surface area contributed by atoms with Crippen LogP contribution in [-0.4, -0.2) is 10.5 Å². The lowest BCUT2D eigenvalue weighted by Gasteiger charge is -2.00.